The van der Waals surface area contributed by atoms with Crippen molar-refractivity contribution in [3.8, 4) is 0 Å². The fraction of sp³-hybridized carbons (Fsp3) is 0.450. The number of fused-ring (bicyclic) bond motifs is 1. The number of hydrogen-bond donors (Lipinski definition) is 0. The van der Waals surface area contributed by atoms with Crippen LogP contribution >= 0.6 is 23.1 Å². The number of rotatable bonds is 5. The molecule has 142 valence electrons. The predicted octanol–water partition coefficient (Wildman–Crippen LogP) is 4.39. The van der Waals surface area contributed by atoms with Crippen LogP contribution in [0.25, 0.3) is 10.2 Å². The van der Waals surface area contributed by atoms with E-state index in [0.29, 0.717) is 6.04 Å². The lowest BCUT2D eigenvalue weighted by Gasteiger charge is -2.38. The van der Waals surface area contributed by atoms with E-state index in [9.17, 15) is 0 Å². The molecule has 0 amide bonds. The van der Waals surface area contributed by atoms with E-state index >= 15 is 0 Å². The Balaban J connectivity index is 1.40. The van der Waals surface area contributed by atoms with E-state index in [4.69, 9.17) is 0 Å². The first kappa shape index (κ1) is 18.7. The minimum atomic E-state index is 0.391. The third-order valence-corrected chi connectivity index (χ3v) is 6.86. The third-order valence-electron chi connectivity index (χ3n) is 5.07. The summed E-state index contributed by atoms with van der Waals surface area (Å²) in [5.41, 5.74) is 2.47. The molecule has 1 fully saturated rings. The van der Waals surface area contributed by atoms with Crippen molar-refractivity contribution in [1.29, 1.82) is 0 Å². The number of aromatic nitrogens is 3. The van der Waals surface area contributed by atoms with Crippen molar-refractivity contribution < 1.29 is 0 Å². The van der Waals surface area contributed by atoms with Crippen molar-refractivity contribution >= 4 is 39.3 Å². The van der Waals surface area contributed by atoms with Gasteiger partial charge in [-0.15, -0.1) is 23.1 Å². The number of nitrogens with zero attached hydrogens (tertiary/aromatic N) is 5. The summed E-state index contributed by atoms with van der Waals surface area (Å²) < 4.78 is 1.27. The zero-order valence-electron chi connectivity index (χ0n) is 16.1. The molecule has 1 saturated heterocycles. The van der Waals surface area contributed by atoms with Crippen molar-refractivity contribution in [3.05, 3.63) is 41.2 Å². The summed E-state index contributed by atoms with van der Waals surface area (Å²) in [6.45, 7) is 10.5. The normalized spacial score (nSPS) is 16.8. The summed E-state index contributed by atoms with van der Waals surface area (Å²) in [7, 11) is 0. The lowest BCUT2D eigenvalue weighted by atomic mass is 10.1. The molecule has 1 aromatic carbocycles. The molecule has 1 aliphatic rings. The summed E-state index contributed by atoms with van der Waals surface area (Å²) in [6.07, 6.45) is 3.88. The highest BCUT2D eigenvalue weighted by molar-refractivity contribution is 7.99. The molecule has 1 atom stereocenters. The first-order valence-corrected chi connectivity index (χ1v) is 11.2. The van der Waals surface area contributed by atoms with Gasteiger partial charge in [-0.05, 0) is 37.3 Å². The molecule has 0 spiro atoms. The first-order valence-electron chi connectivity index (χ1n) is 9.45. The maximum atomic E-state index is 4.65. The van der Waals surface area contributed by atoms with Crippen LogP contribution in [0.5, 0.6) is 0 Å². The quantitative estimate of drug-likeness (QED) is 0.593. The van der Waals surface area contributed by atoms with E-state index in [0.717, 1.165) is 53.3 Å². The van der Waals surface area contributed by atoms with E-state index in [1.54, 1.807) is 23.1 Å². The van der Waals surface area contributed by atoms with Gasteiger partial charge in [0.15, 0.2) is 0 Å². The Morgan fingerprint density at radius 3 is 2.59 bits per heavy atom. The molecule has 3 aromatic rings. The number of aryl methyl sites for hydroxylation is 1. The summed E-state index contributed by atoms with van der Waals surface area (Å²) in [5, 5.41) is 1.13. The van der Waals surface area contributed by atoms with E-state index < -0.39 is 0 Å². The molecule has 0 N–H and O–H groups in total. The van der Waals surface area contributed by atoms with Crippen molar-refractivity contribution in [3.63, 3.8) is 0 Å². The van der Waals surface area contributed by atoms with Gasteiger partial charge in [0.25, 0.3) is 0 Å². The Morgan fingerprint density at radius 1 is 1.15 bits per heavy atom. The molecule has 0 aliphatic carbocycles. The maximum absolute atomic E-state index is 4.65. The molecule has 3 heterocycles. The van der Waals surface area contributed by atoms with Gasteiger partial charge in [0.05, 0.1) is 15.2 Å². The minimum Gasteiger partial charge on any atom is -0.338 e. The van der Waals surface area contributed by atoms with Crippen LogP contribution in [0.1, 0.15) is 30.5 Å². The highest BCUT2D eigenvalue weighted by Crippen LogP contribution is 2.28. The van der Waals surface area contributed by atoms with Gasteiger partial charge in [-0.25, -0.2) is 15.0 Å². The highest BCUT2D eigenvalue weighted by atomic mass is 32.2. The van der Waals surface area contributed by atoms with Gasteiger partial charge < -0.3 is 4.90 Å². The average Bonchev–Trinajstić information content (AvgIpc) is 3.07. The summed E-state index contributed by atoms with van der Waals surface area (Å²) in [5.74, 6) is 1.90. The van der Waals surface area contributed by atoms with Crippen LogP contribution in [0.2, 0.25) is 0 Å². The largest absolute Gasteiger partial charge is 0.338 e. The zero-order chi connectivity index (χ0) is 18.8. The molecule has 27 heavy (non-hydrogen) atoms. The smallest absolute Gasteiger partial charge is 0.225 e. The average molecular weight is 400 g/mol. The number of hydrogen-bond acceptors (Lipinski definition) is 7. The fourth-order valence-electron chi connectivity index (χ4n) is 3.55. The molecule has 7 heteroatoms. The van der Waals surface area contributed by atoms with Gasteiger partial charge >= 0.3 is 0 Å². The van der Waals surface area contributed by atoms with Crippen molar-refractivity contribution in [1.82, 2.24) is 19.9 Å². The molecule has 5 nitrogen and oxygen atoms in total. The van der Waals surface area contributed by atoms with Crippen molar-refractivity contribution in [2.24, 2.45) is 0 Å². The van der Waals surface area contributed by atoms with Gasteiger partial charge in [-0.2, -0.15) is 0 Å². The van der Waals surface area contributed by atoms with Crippen LogP contribution in [0.3, 0.4) is 0 Å². The van der Waals surface area contributed by atoms with Crippen LogP contribution in [-0.4, -0.2) is 51.8 Å². The molecular formula is C20H25N5S2. The molecule has 1 unspecified atom stereocenters. The van der Waals surface area contributed by atoms with E-state index in [-0.39, 0.29) is 0 Å². The second-order valence-electron chi connectivity index (χ2n) is 6.81. The summed E-state index contributed by atoms with van der Waals surface area (Å²) in [6, 6.07) is 7.11. The second kappa shape index (κ2) is 8.12. The molecule has 0 saturated carbocycles. The van der Waals surface area contributed by atoms with Crippen LogP contribution < -0.4 is 4.90 Å². The summed E-state index contributed by atoms with van der Waals surface area (Å²) in [4.78, 5) is 19.7. The Labute approximate surface area is 168 Å². The predicted molar refractivity (Wildman–Crippen MR) is 115 cm³/mol. The SMILES string of the molecule is CCSc1cnc(N2CCN(C(C)c3ccc4sc(C)nc4c3)CC2)nc1. The van der Waals surface area contributed by atoms with Crippen LogP contribution in [0.4, 0.5) is 5.95 Å². The molecule has 1 aliphatic heterocycles. The highest BCUT2D eigenvalue weighted by Gasteiger charge is 2.23. The number of piperazine rings is 1. The Hall–Kier alpha value is -1.70. The Kier molecular flexibility index (Phi) is 5.61. The van der Waals surface area contributed by atoms with Gasteiger partial charge in [0, 0.05) is 49.5 Å². The topological polar surface area (TPSA) is 45.2 Å². The zero-order valence-corrected chi connectivity index (χ0v) is 17.7. The van der Waals surface area contributed by atoms with E-state index in [1.807, 2.05) is 12.4 Å². The van der Waals surface area contributed by atoms with Gasteiger partial charge in [0.1, 0.15) is 0 Å². The molecular weight excluding hydrogens is 374 g/mol. The second-order valence-corrected chi connectivity index (χ2v) is 9.38. The maximum Gasteiger partial charge on any atom is 0.225 e. The van der Waals surface area contributed by atoms with E-state index in [2.05, 4.69) is 63.7 Å². The van der Waals surface area contributed by atoms with Gasteiger partial charge in [-0.1, -0.05) is 13.0 Å². The Bertz CT molecular complexity index is 900. The molecule has 2 aromatic heterocycles. The van der Waals surface area contributed by atoms with Crippen LogP contribution in [0.15, 0.2) is 35.5 Å². The number of benzene rings is 1. The lowest BCUT2D eigenvalue weighted by Crippen LogP contribution is -2.47. The van der Waals surface area contributed by atoms with E-state index in [1.165, 1.54) is 10.3 Å². The first-order chi connectivity index (χ1) is 13.1. The van der Waals surface area contributed by atoms with Crippen LogP contribution in [0, 0.1) is 6.92 Å². The standard InChI is InChI=1S/C20H25N5S2/c1-4-26-17-12-21-20(22-13-17)25-9-7-24(8-10-25)14(2)16-5-6-19-18(11-16)23-15(3)27-19/h5-6,11-14H,4,7-10H2,1-3H3. The number of thioether (sulfide) groups is 1. The third kappa shape index (κ3) is 4.10. The number of thiazole rings is 1. The van der Waals surface area contributed by atoms with Crippen molar-refractivity contribution in [2.75, 3.05) is 36.8 Å². The van der Waals surface area contributed by atoms with Crippen molar-refractivity contribution in [2.45, 2.75) is 31.7 Å². The minimum absolute atomic E-state index is 0.391. The monoisotopic (exact) mass is 399 g/mol. The van der Waals surface area contributed by atoms with Gasteiger partial charge in [0.2, 0.25) is 5.95 Å². The Morgan fingerprint density at radius 2 is 1.89 bits per heavy atom. The summed E-state index contributed by atoms with van der Waals surface area (Å²) >= 11 is 3.54. The molecule has 0 radical (unpaired) electrons. The molecule has 4 rings (SSSR count). The number of anilines is 1. The molecule has 0 bridgehead atoms. The van der Waals surface area contributed by atoms with Gasteiger partial charge in [-0.3, -0.25) is 4.90 Å². The fourth-order valence-corrected chi connectivity index (χ4v) is 4.95. The van der Waals surface area contributed by atoms with Crippen LogP contribution in [-0.2, 0) is 0 Å². The lowest BCUT2D eigenvalue weighted by molar-refractivity contribution is 0.198.